The van der Waals surface area contributed by atoms with Crippen molar-refractivity contribution in [3.63, 3.8) is 0 Å². The molecule has 0 bridgehead atoms. The first-order valence-electron chi connectivity index (χ1n) is 6.89. The summed E-state index contributed by atoms with van der Waals surface area (Å²) in [6, 6.07) is 0.157. The van der Waals surface area contributed by atoms with Gasteiger partial charge < -0.3 is 10.3 Å². The second-order valence-electron chi connectivity index (χ2n) is 5.99. The second-order valence-corrected chi connectivity index (χ2v) is 7.71. The molecule has 1 fully saturated rings. The van der Waals surface area contributed by atoms with Gasteiger partial charge in [-0.2, -0.15) is 4.98 Å². The molecular weight excluding hydrogens is 325 g/mol. The average Bonchev–Trinajstić information content (AvgIpc) is 3.01. The molecule has 2 unspecified atom stereocenters. The van der Waals surface area contributed by atoms with Crippen LogP contribution in [0.1, 0.15) is 32.2 Å². The van der Waals surface area contributed by atoms with Gasteiger partial charge in [0, 0.05) is 6.04 Å². The SMILES string of the molecule is CC1(CO[P+](=O)S)CC[C@H](n2cnc3c(=O)[nH]c(N)nc32)C1. The largest absolute Gasteiger partial charge is 0.582 e. The number of nitrogens with zero attached hydrogens (tertiary/aromatic N) is 3. The van der Waals surface area contributed by atoms with E-state index >= 15 is 0 Å². The van der Waals surface area contributed by atoms with E-state index in [1.54, 1.807) is 6.33 Å². The monoisotopic (exact) mass is 342 g/mol. The first kappa shape index (κ1) is 15.5. The zero-order valence-electron chi connectivity index (χ0n) is 12.0. The minimum absolute atomic E-state index is 0.0791. The Labute approximate surface area is 132 Å². The lowest BCUT2D eigenvalue weighted by atomic mass is 9.90. The Morgan fingerprint density at radius 3 is 3.18 bits per heavy atom. The lowest BCUT2D eigenvalue weighted by Gasteiger charge is -2.20. The number of hydrogen-bond acceptors (Lipinski definition) is 6. The zero-order valence-corrected chi connectivity index (χ0v) is 13.8. The molecule has 1 aliphatic rings. The van der Waals surface area contributed by atoms with Gasteiger partial charge in [-0.3, -0.25) is 9.78 Å². The first-order chi connectivity index (χ1) is 10.4. The Morgan fingerprint density at radius 1 is 1.68 bits per heavy atom. The number of hydrogen-bond donors (Lipinski definition) is 3. The third-order valence-electron chi connectivity index (χ3n) is 4.18. The van der Waals surface area contributed by atoms with Crippen LogP contribution in [0.4, 0.5) is 5.95 Å². The van der Waals surface area contributed by atoms with Crippen LogP contribution in [0.15, 0.2) is 11.1 Å². The summed E-state index contributed by atoms with van der Waals surface area (Å²) in [4.78, 5) is 22.6. The van der Waals surface area contributed by atoms with Gasteiger partial charge in [0.05, 0.1) is 6.33 Å². The van der Waals surface area contributed by atoms with Gasteiger partial charge in [-0.25, -0.2) is 4.98 Å². The molecule has 0 aliphatic heterocycles. The van der Waals surface area contributed by atoms with E-state index in [0.29, 0.717) is 12.3 Å². The molecule has 10 heteroatoms. The minimum Gasteiger partial charge on any atom is -0.369 e. The number of fused-ring (bicyclic) bond motifs is 1. The van der Waals surface area contributed by atoms with Crippen LogP contribution in [0, 0.1) is 5.41 Å². The van der Waals surface area contributed by atoms with Crippen molar-refractivity contribution in [2.24, 2.45) is 5.41 Å². The number of nitrogens with one attached hydrogen (secondary N) is 1. The Kier molecular flexibility index (Phi) is 3.96. The van der Waals surface area contributed by atoms with Gasteiger partial charge in [-0.1, -0.05) is 6.92 Å². The lowest BCUT2D eigenvalue weighted by molar-refractivity contribution is 0.175. The molecule has 2 aromatic heterocycles. The number of nitrogens with two attached hydrogens (primary N) is 1. The van der Waals surface area contributed by atoms with E-state index in [0.717, 1.165) is 19.3 Å². The minimum atomic E-state index is -1.89. The van der Waals surface area contributed by atoms with E-state index < -0.39 is 7.23 Å². The summed E-state index contributed by atoms with van der Waals surface area (Å²) >= 11 is 3.77. The summed E-state index contributed by atoms with van der Waals surface area (Å²) < 4.78 is 18.1. The number of rotatable bonds is 4. The van der Waals surface area contributed by atoms with Crippen molar-refractivity contribution in [2.75, 3.05) is 12.3 Å². The second kappa shape index (κ2) is 5.64. The molecule has 118 valence electrons. The molecule has 0 spiro atoms. The van der Waals surface area contributed by atoms with Crippen molar-refractivity contribution in [2.45, 2.75) is 32.2 Å². The summed E-state index contributed by atoms with van der Waals surface area (Å²) in [6.07, 6.45) is 4.28. The van der Waals surface area contributed by atoms with Crippen LogP contribution >= 0.6 is 19.5 Å². The smallest absolute Gasteiger partial charge is 0.369 e. The van der Waals surface area contributed by atoms with Gasteiger partial charge in [-0.15, -0.1) is 4.52 Å². The van der Waals surface area contributed by atoms with Crippen molar-refractivity contribution in [1.29, 1.82) is 0 Å². The maximum atomic E-state index is 11.8. The lowest BCUT2D eigenvalue weighted by Crippen LogP contribution is -2.19. The summed E-state index contributed by atoms with van der Waals surface area (Å²) in [7, 11) is -1.89. The van der Waals surface area contributed by atoms with E-state index in [9.17, 15) is 9.36 Å². The highest BCUT2D eigenvalue weighted by Gasteiger charge is 2.39. The third kappa shape index (κ3) is 2.88. The number of aromatic nitrogens is 4. The summed E-state index contributed by atoms with van der Waals surface area (Å²) in [5, 5.41) is 0. The fourth-order valence-electron chi connectivity index (χ4n) is 3.08. The van der Waals surface area contributed by atoms with Crippen LogP contribution in [-0.4, -0.2) is 26.1 Å². The number of imidazole rings is 1. The number of thiol groups is 1. The summed E-state index contributed by atoms with van der Waals surface area (Å²) in [6.45, 7) is 2.48. The highest BCUT2D eigenvalue weighted by Crippen LogP contribution is 2.46. The van der Waals surface area contributed by atoms with Crippen molar-refractivity contribution in [3.8, 4) is 0 Å². The number of H-pyrrole nitrogens is 1. The predicted octanol–water partition coefficient (Wildman–Crippen LogP) is 2.04. The van der Waals surface area contributed by atoms with Crippen LogP contribution in [0.5, 0.6) is 0 Å². The van der Waals surface area contributed by atoms with E-state index in [2.05, 4.69) is 34.1 Å². The van der Waals surface area contributed by atoms with Gasteiger partial charge in [-0.05, 0) is 29.2 Å². The summed E-state index contributed by atoms with van der Waals surface area (Å²) in [5.74, 6) is 0.0791. The molecule has 22 heavy (non-hydrogen) atoms. The number of anilines is 1. The highest BCUT2D eigenvalue weighted by atomic mass is 32.7. The van der Waals surface area contributed by atoms with Crippen molar-refractivity contribution in [3.05, 3.63) is 16.7 Å². The molecule has 3 atom stereocenters. The third-order valence-corrected chi connectivity index (χ3v) is 4.87. The molecule has 3 rings (SSSR count). The Balaban J connectivity index is 1.87. The highest BCUT2D eigenvalue weighted by molar-refractivity contribution is 8.39. The molecule has 2 aromatic rings. The van der Waals surface area contributed by atoms with Crippen LogP contribution in [0.25, 0.3) is 11.2 Å². The van der Waals surface area contributed by atoms with Crippen LogP contribution in [-0.2, 0) is 9.09 Å². The van der Waals surface area contributed by atoms with Gasteiger partial charge in [0.2, 0.25) is 5.95 Å². The molecule has 2 heterocycles. The van der Waals surface area contributed by atoms with Gasteiger partial charge >= 0.3 is 7.23 Å². The standard InChI is InChI=1S/C12H16N5O3PS/c1-12(5-20-21(19)22)3-2-7(4-12)17-6-14-8-9(17)15-11(13)16-10(8)18/h6-7H,2-5H2,1H3,(H3-,13,15,16,18,19,22)/p+1/t7-,12?/m0/s1. The molecule has 0 radical (unpaired) electrons. The van der Waals surface area contributed by atoms with Crippen molar-refractivity contribution < 1.29 is 9.09 Å². The van der Waals surface area contributed by atoms with Crippen molar-refractivity contribution in [1.82, 2.24) is 19.5 Å². The fraction of sp³-hybridized carbons (Fsp3) is 0.583. The van der Waals surface area contributed by atoms with E-state index in [1.807, 2.05) is 4.57 Å². The summed E-state index contributed by atoms with van der Waals surface area (Å²) in [5.41, 5.74) is 5.99. The van der Waals surface area contributed by atoms with Crippen LogP contribution in [0.2, 0.25) is 0 Å². The molecular formula is C12H17N5O3PS+. The molecule has 3 N–H and O–H groups in total. The molecule has 0 amide bonds. The number of aromatic amines is 1. The fourth-order valence-corrected chi connectivity index (χ4v) is 3.67. The quantitative estimate of drug-likeness (QED) is 0.578. The van der Waals surface area contributed by atoms with Gasteiger partial charge in [0.15, 0.2) is 11.2 Å². The molecule has 1 aliphatic carbocycles. The topological polar surface area (TPSA) is 116 Å². The first-order valence-corrected chi connectivity index (χ1v) is 9.22. The van der Waals surface area contributed by atoms with Gasteiger partial charge in [0.1, 0.15) is 18.9 Å². The maximum Gasteiger partial charge on any atom is 0.582 e. The average molecular weight is 342 g/mol. The normalized spacial score (nSPS) is 25.7. The zero-order chi connectivity index (χ0) is 15.9. The predicted molar refractivity (Wildman–Crippen MR) is 86.1 cm³/mol. The van der Waals surface area contributed by atoms with Crippen molar-refractivity contribution >= 4 is 36.6 Å². The molecule has 8 nitrogen and oxygen atoms in total. The number of nitrogen functional groups attached to an aromatic ring is 1. The van der Waals surface area contributed by atoms with Gasteiger partial charge in [0.25, 0.3) is 5.56 Å². The van der Waals surface area contributed by atoms with Crippen LogP contribution < -0.4 is 11.3 Å². The Hall–Kier alpha value is -1.44. The molecule has 0 aromatic carbocycles. The van der Waals surface area contributed by atoms with E-state index in [4.69, 9.17) is 10.3 Å². The molecule has 1 saturated carbocycles. The van der Waals surface area contributed by atoms with Crippen LogP contribution in [0.3, 0.4) is 0 Å². The van der Waals surface area contributed by atoms with E-state index in [1.165, 1.54) is 0 Å². The molecule has 0 saturated heterocycles. The Morgan fingerprint density at radius 2 is 2.45 bits per heavy atom. The Bertz CT molecular complexity index is 791. The van der Waals surface area contributed by atoms with E-state index in [-0.39, 0.29) is 28.5 Å². The maximum absolute atomic E-state index is 11.8.